The van der Waals surface area contributed by atoms with Gasteiger partial charge in [-0.15, -0.1) is 0 Å². The molecule has 0 aromatic heterocycles. The van der Waals surface area contributed by atoms with Crippen LogP contribution in [0.1, 0.15) is 47.2 Å². The van der Waals surface area contributed by atoms with E-state index in [1.165, 1.54) is 17.0 Å². The zero-order valence-electron chi connectivity index (χ0n) is 15.4. The Balaban J connectivity index is 1.65. The van der Waals surface area contributed by atoms with Crippen LogP contribution in [0, 0.1) is 0 Å². The summed E-state index contributed by atoms with van der Waals surface area (Å²) >= 11 is 0. The maximum absolute atomic E-state index is 13.6. The molecule has 2 N–H and O–H groups in total. The fourth-order valence-electron chi connectivity index (χ4n) is 3.40. The van der Waals surface area contributed by atoms with Crippen molar-refractivity contribution < 1.29 is 32.8 Å². The number of hydrogen-bond donors (Lipinski definition) is 2. The first-order valence-corrected chi connectivity index (χ1v) is 9.09. The van der Waals surface area contributed by atoms with Crippen molar-refractivity contribution in [3.63, 3.8) is 0 Å². The summed E-state index contributed by atoms with van der Waals surface area (Å²) in [5.41, 5.74) is 1.52. The molecular weight excluding hydrogens is 388 g/mol. The molecule has 1 aromatic rings. The summed E-state index contributed by atoms with van der Waals surface area (Å²) in [4.78, 5) is 59.2. The molecule has 3 rings (SSSR count). The Morgan fingerprint density at radius 2 is 2.07 bits per heavy atom. The van der Waals surface area contributed by atoms with Gasteiger partial charge in [-0.1, -0.05) is 12.1 Å². The molecule has 2 heterocycles. The van der Waals surface area contributed by atoms with E-state index in [2.05, 4.69) is 10.6 Å². The van der Waals surface area contributed by atoms with Crippen LogP contribution in [0.15, 0.2) is 18.2 Å². The fraction of sp³-hybridized carbons (Fsp3) is 0.421. The van der Waals surface area contributed by atoms with Gasteiger partial charge in [-0.3, -0.25) is 24.5 Å². The van der Waals surface area contributed by atoms with Crippen LogP contribution in [0.25, 0.3) is 0 Å². The minimum Gasteiger partial charge on any atom is -0.347 e. The van der Waals surface area contributed by atoms with Gasteiger partial charge in [-0.05, 0) is 23.6 Å². The van der Waals surface area contributed by atoms with E-state index >= 15 is 0 Å². The van der Waals surface area contributed by atoms with Gasteiger partial charge in [0, 0.05) is 37.9 Å². The number of rotatable bonds is 7. The highest BCUT2D eigenvalue weighted by atomic mass is 19.3. The van der Waals surface area contributed by atoms with Gasteiger partial charge < -0.3 is 15.0 Å². The van der Waals surface area contributed by atoms with Gasteiger partial charge in [-0.25, -0.2) is 0 Å². The van der Waals surface area contributed by atoms with Crippen LogP contribution in [0.3, 0.4) is 0 Å². The molecule has 0 spiro atoms. The lowest BCUT2D eigenvalue weighted by Crippen LogP contribution is -2.52. The minimum absolute atomic E-state index is 0.145. The Hall–Kier alpha value is -3.17. The van der Waals surface area contributed by atoms with Crippen LogP contribution in [0.2, 0.25) is 0 Å². The molecule has 4 amide bonds. The van der Waals surface area contributed by atoms with Crippen molar-refractivity contribution in [3.05, 3.63) is 34.9 Å². The number of piperidine rings is 1. The molecular formula is C19H19F2N3O5. The van der Waals surface area contributed by atoms with E-state index < -0.39 is 36.6 Å². The molecule has 1 atom stereocenters. The smallest absolute Gasteiger partial charge is 0.325 e. The first-order valence-electron chi connectivity index (χ1n) is 9.09. The van der Waals surface area contributed by atoms with Gasteiger partial charge in [0.05, 0.1) is 0 Å². The highest BCUT2D eigenvalue weighted by Crippen LogP contribution is 2.28. The van der Waals surface area contributed by atoms with Crippen molar-refractivity contribution in [3.8, 4) is 0 Å². The predicted molar refractivity (Wildman–Crippen MR) is 94.6 cm³/mol. The number of imide groups is 1. The molecule has 0 saturated carbocycles. The third-order valence-electron chi connectivity index (χ3n) is 4.95. The second kappa shape index (κ2) is 8.06. The Kier molecular flexibility index (Phi) is 5.71. The average molecular weight is 407 g/mol. The number of carbonyl (C=O) groups excluding carboxylic acids is 5. The van der Waals surface area contributed by atoms with Crippen LogP contribution in [-0.4, -0.2) is 46.8 Å². The van der Waals surface area contributed by atoms with Gasteiger partial charge in [-0.2, -0.15) is 8.78 Å². The maximum Gasteiger partial charge on any atom is 0.325 e. The van der Waals surface area contributed by atoms with E-state index in [1.807, 2.05) is 0 Å². The number of halogens is 2. The van der Waals surface area contributed by atoms with E-state index in [1.54, 1.807) is 6.07 Å². The lowest BCUT2D eigenvalue weighted by molar-refractivity contribution is -0.147. The van der Waals surface area contributed by atoms with Crippen molar-refractivity contribution >= 4 is 29.9 Å². The lowest BCUT2D eigenvalue weighted by Gasteiger charge is -2.29. The predicted octanol–water partition coefficient (Wildman–Crippen LogP) is 0.678. The summed E-state index contributed by atoms with van der Waals surface area (Å²) in [7, 11) is 0. The molecule has 2 aliphatic heterocycles. The number of nitrogens with zero attached hydrogens (tertiary/aromatic N) is 1. The molecule has 10 heteroatoms. The van der Waals surface area contributed by atoms with Crippen molar-refractivity contribution in [2.75, 3.05) is 0 Å². The number of nitrogens with one attached hydrogen (secondary N) is 2. The molecule has 154 valence electrons. The standard InChI is InChI=1S/C19H19F2N3O5/c20-19(21,6-1-7-25)18(29)22-9-11-2-3-13-12(8-11)10-24(17(13)28)14-4-5-15(26)23-16(14)27/h2-3,7-8,14H,1,4-6,9-10H2,(H,22,29)(H,23,26,27). The van der Waals surface area contributed by atoms with Crippen molar-refractivity contribution in [2.24, 2.45) is 0 Å². The number of carbonyl (C=O) groups is 5. The summed E-state index contributed by atoms with van der Waals surface area (Å²) < 4.78 is 27.2. The molecule has 0 bridgehead atoms. The molecule has 1 saturated heterocycles. The molecule has 0 radical (unpaired) electrons. The number of amides is 4. The van der Waals surface area contributed by atoms with Crippen LogP contribution in [0.5, 0.6) is 0 Å². The van der Waals surface area contributed by atoms with E-state index in [0.29, 0.717) is 23.0 Å². The number of benzene rings is 1. The zero-order chi connectivity index (χ0) is 21.2. The molecule has 0 aliphatic carbocycles. The summed E-state index contributed by atoms with van der Waals surface area (Å²) in [6.07, 6.45) is -0.568. The third kappa shape index (κ3) is 4.30. The largest absolute Gasteiger partial charge is 0.347 e. The second-order valence-corrected chi connectivity index (χ2v) is 6.98. The summed E-state index contributed by atoms with van der Waals surface area (Å²) in [6.45, 7) is -0.0207. The Morgan fingerprint density at radius 3 is 2.76 bits per heavy atom. The molecule has 1 unspecified atom stereocenters. The van der Waals surface area contributed by atoms with E-state index in [-0.39, 0.29) is 37.7 Å². The topological polar surface area (TPSA) is 113 Å². The third-order valence-corrected chi connectivity index (χ3v) is 4.95. The molecule has 1 fully saturated rings. The summed E-state index contributed by atoms with van der Waals surface area (Å²) in [5, 5.41) is 4.35. The highest BCUT2D eigenvalue weighted by molar-refractivity contribution is 6.05. The van der Waals surface area contributed by atoms with E-state index in [0.717, 1.165) is 0 Å². The lowest BCUT2D eigenvalue weighted by atomic mass is 10.0. The van der Waals surface area contributed by atoms with Gasteiger partial charge in [0.15, 0.2) is 0 Å². The number of hydrogen-bond acceptors (Lipinski definition) is 5. The van der Waals surface area contributed by atoms with Crippen molar-refractivity contribution in [1.82, 2.24) is 15.5 Å². The van der Waals surface area contributed by atoms with Crippen LogP contribution < -0.4 is 10.6 Å². The monoisotopic (exact) mass is 407 g/mol. The Morgan fingerprint density at radius 1 is 1.31 bits per heavy atom. The first-order chi connectivity index (χ1) is 13.7. The Labute approximate surface area is 164 Å². The van der Waals surface area contributed by atoms with E-state index in [4.69, 9.17) is 0 Å². The van der Waals surface area contributed by atoms with Crippen molar-refractivity contribution in [2.45, 2.75) is 50.7 Å². The zero-order valence-corrected chi connectivity index (χ0v) is 15.4. The van der Waals surface area contributed by atoms with E-state index in [9.17, 15) is 32.8 Å². The van der Waals surface area contributed by atoms with Gasteiger partial charge >= 0.3 is 5.92 Å². The van der Waals surface area contributed by atoms with Crippen LogP contribution >= 0.6 is 0 Å². The van der Waals surface area contributed by atoms with Gasteiger partial charge in [0.25, 0.3) is 11.8 Å². The van der Waals surface area contributed by atoms with Crippen molar-refractivity contribution in [1.29, 1.82) is 0 Å². The fourth-order valence-corrected chi connectivity index (χ4v) is 3.40. The minimum atomic E-state index is -3.64. The van der Waals surface area contributed by atoms with Gasteiger partial charge in [0.1, 0.15) is 12.3 Å². The number of fused-ring (bicyclic) bond motifs is 1. The first kappa shape index (κ1) is 20.6. The average Bonchev–Trinajstić information content (AvgIpc) is 3.00. The maximum atomic E-state index is 13.6. The molecule has 1 aromatic carbocycles. The van der Waals surface area contributed by atoms with Gasteiger partial charge in [0.2, 0.25) is 11.8 Å². The number of aldehydes is 1. The quantitative estimate of drug-likeness (QED) is 0.510. The summed E-state index contributed by atoms with van der Waals surface area (Å²) in [5.74, 6) is -6.35. The molecule has 29 heavy (non-hydrogen) atoms. The summed E-state index contributed by atoms with van der Waals surface area (Å²) in [6, 6.07) is 3.93. The van der Waals surface area contributed by atoms with Crippen LogP contribution in [-0.2, 0) is 32.3 Å². The molecule has 2 aliphatic rings. The van der Waals surface area contributed by atoms with Crippen LogP contribution in [0.4, 0.5) is 8.78 Å². The molecule has 8 nitrogen and oxygen atoms in total. The second-order valence-electron chi connectivity index (χ2n) is 6.98. The normalized spacial score (nSPS) is 19.0. The SMILES string of the molecule is O=CCCC(F)(F)C(=O)NCc1ccc2c(c1)CN(C1CCC(=O)NC1=O)C2=O. The number of alkyl halides is 2. The Bertz CT molecular complexity index is 887. The highest BCUT2D eigenvalue weighted by Gasteiger charge is 2.40.